The minimum Gasteiger partial charge on any atom is -0.334 e. The molecule has 0 aliphatic rings. The van der Waals surface area contributed by atoms with Crippen molar-refractivity contribution in [2.45, 2.75) is 39.0 Å². The van der Waals surface area contributed by atoms with Crippen LogP contribution in [-0.2, 0) is 19.0 Å². The lowest BCUT2D eigenvalue weighted by molar-refractivity contribution is -0.291. The maximum absolute atomic E-state index is 13.9. The van der Waals surface area contributed by atoms with Gasteiger partial charge in [0.1, 0.15) is 5.69 Å². The Kier molecular flexibility index (Phi) is 5.05. The minimum atomic E-state index is -5.82. The van der Waals surface area contributed by atoms with Crippen LogP contribution in [0.15, 0.2) is 24.4 Å². The third-order valence-electron chi connectivity index (χ3n) is 4.22. The molecule has 0 aliphatic carbocycles. The fraction of sp³-hybridized carbons (Fsp3) is 0.412. The summed E-state index contributed by atoms with van der Waals surface area (Å²) in [4.78, 5) is 17.8. The largest absolute Gasteiger partial charge is 0.459 e. The van der Waals surface area contributed by atoms with Crippen LogP contribution >= 0.6 is 0 Å². The van der Waals surface area contributed by atoms with Gasteiger partial charge in [0.05, 0.1) is 12.2 Å². The van der Waals surface area contributed by atoms with Gasteiger partial charge in [0.25, 0.3) is 5.91 Å². The van der Waals surface area contributed by atoms with Crippen LogP contribution in [0.1, 0.15) is 34.5 Å². The van der Waals surface area contributed by atoms with Crippen LogP contribution in [0, 0.1) is 6.92 Å². The van der Waals surface area contributed by atoms with E-state index in [2.05, 4.69) is 15.2 Å². The molecule has 29 heavy (non-hydrogen) atoms. The summed E-state index contributed by atoms with van der Waals surface area (Å²) in [6.07, 6.45) is -4.09. The average Bonchev–Trinajstić information content (AvgIpc) is 3.25. The highest BCUT2D eigenvalue weighted by Gasteiger charge is 2.60. The van der Waals surface area contributed by atoms with Crippen LogP contribution in [-0.4, -0.2) is 48.4 Å². The Morgan fingerprint density at radius 3 is 2.45 bits per heavy atom. The molecule has 0 spiro atoms. The highest BCUT2D eigenvalue weighted by molar-refractivity contribution is 5.93. The monoisotopic (exact) mass is 416 g/mol. The summed E-state index contributed by atoms with van der Waals surface area (Å²) in [5, 5.41) is 7.91. The van der Waals surface area contributed by atoms with Gasteiger partial charge >= 0.3 is 12.1 Å². The lowest BCUT2D eigenvalue weighted by Crippen LogP contribution is -2.36. The number of fused-ring (bicyclic) bond motifs is 1. The van der Waals surface area contributed by atoms with E-state index in [9.17, 15) is 26.7 Å². The molecular formula is C17H17F5N6O. The normalized spacial score (nSPS) is 12.6. The number of hydrogen-bond donors (Lipinski definition) is 0. The third-order valence-corrected chi connectivity index (χ3v) is 4.22. The van der Waals surface area contributed by atoms with E-state index in [0.29, 0.717) is 22.8 Å². The molecule has 0 radical (unpaired) electrons. The molecule has 0 bridgehead atoms. The van der Waals surface area contributed by atoms with Crippen molar-refractivity contribution in [1.29, 1.82) is 0 Å². The Labute approximate surface area is 161 Å². The van der Waals surface area contributed by atoms with Crippen LogP contribution in [0.2, 0.25) is 0 Å². The van der Waals surface area contributed by atoms with Crippen molar-refractivity contribution < 1.29 is 26.7 Å². The summed E-state index contributed by atoms with van der Waals surface area (Å²) in [6.45, 7) is 3.93. The molecule has 0 saturated carbocycles. The van der Waals surface area contributed by atoms with Crippen LogP contribution in [0.3, 0.4) is 0 Å². The third kappa shape index (κ3) is 3.78. The average molecular weight is 416 g/mol. The number of carbonyl (C=O) groups excluding carboxylic acids is 1. The van der Waals surface area contributed by atoms with Gasteiger partial charge in [0.15, 0.2) is 11.3 Å². The summed E-state index contributed by atoms with van der Waals surface area (Å²) < 4.78 is 68.5. The first-order valence-electron chi connectivity index (χ1n) is 8.54. The Morgan fingerprint density at radius 2 is 1.86 bits per heavy atom. The van der Waals surface area contributed by atoms with Crippen LogP contribution < -0.4 is 0 Å². The molecule has 0 unspecified atom stereocenters. The predicted molar refractivity (Wildman–Crippen MR) is 91.4 cm³/mol. The SMILES string of the molecule is CCn1ccc(CN(C)C(=O)c2cc3nc(C)cc(C(F)(F)C(F)(F)F)n3n2)n1. The van der Waals surface area contributed by atoms with E-state index in [1.54, 1.807) is 16.9 Å². The molecule has 3 heterocycles. The van der Waals surface area contributed by atoms with Gasteiger partial charge in [-0.2, -0.15) is 32.1 Å². The summed E-state index contributed by atoms with van der Waals surface area (Å²) in [7, 11) is 1.45. The van der Waals surface area contributed by atoms with Crippen molar-refractivity contribution in [2.75, 3.05) is 7.05 Å². The second-order valence-corrected chi connectivity index (χ2v) is 6.48. The smallest absolute Gasteiger partial charge is 0.334 e. The molecule has 0 N–H and O–H groups in total. The summed E-state index contributed by atoms with van der Waals surface area (Å²) in [5.41, 5.74) is -1.47. The number of aryl methyl sites for hydroxylation is 2. The van der Waals surface area contributed by atoms with E-state index < -0.39 is 23.7 Å². The van der Waals surface area contributed by atoms with Crippen molar-refractivity contribution >= 4 is 11.6 Å². The van der Waals surface area contributed by atoms with Gasteiger partial charge in [-0.05, 0) is 26.0 Å². The number of alkyl halides is 5. The molecular weight excluding hydrogens is 399 g/mol. The Bertz CT molecular complexity index is 1050. The van der Waals surface area contributed by atoms with Gasteiger partial charge in [0, 0.05) is 31.5 Å². The highest BCUT2D eigenvalue weighted by Crippen LogP contribution is 2.43. The fourth-order valence-electron chi connectivity index (χ4n) is 2.75. The molecule has 3 aromatic rings. The lowest BCUT2D eigenvalue weighted by atomic mass is 10.2. The lowest BCUT2D eigenvalue weighted by Gasteiger charge is -2.20. The zero-order chi connectivity index (χ0) is 21.6. The number of rotatable bonds is 5. The second-order valence-electron chi connectivity index (χ2n) is 6.48. The van der Waals surface area contributed by atoms with Gasteiger partial charge in [0.2, 0.25) is 0 Å². The van der Waals surface area contributed by atoms with E-state index in [1.807, 2.05) is 6.92 Å². The molecule has 0 aliphatic heterocycles. The molecule has 0 saturated heterocycles. The minimum absolute atomic E-state index is 0.0613. The predicted octanol–water partition coefficient (Wildman–Crippen LogP) is 3.18. The molecule has 0 fully saturated rings. The molecule has 12 heteroatoms. The standard InChI is InChI=1S/C17H17F5N6O/c1-4-27-6-5-11(24-27)9-26(3)15(29)12-8-14-23-10(2)7-13(28(14)25-12)16(18,19)17(20,21)22/h5-8H,4,9H2,1-3H3. The van der Waals surface area contributed by atoms with Gasteiger partial charge in [-0.15, -0.1) is 0 Å². The number of halogens is 5. The Morgan fingerprint density at radius 1 is 1.17 bits per heavy atom. The topological polar surface area (TPSA) is 68.3 Å². The first kappa shape index (κ1) is 20.7. The van der Waals surface area contributed by atoms with Crippen LogP contribution in [0.4, 0.5) is 22.0 Å². The summed E-state index contributed by atoms with van der Waals surface area (Å²) in [6, 6.07) is 3.39. The van der Waals surface area contributed by atoms with Crippen LogP contribution in [0.25, 0.3) is 5.65 Å². The quantitative estimate of drug-likeness (QED) is 0.600. The van der Waals surface area contributed by atoms with E-state index in [0.717, 1.165) is 6.07 Å². The van der Waals surface area contributed by atoms with Crippen molar-refractivity contribution in [2.24, 2.45) is 0 Å². The van der Waals surface area contributed by atoms with E-state index in [4.69, 9.17) is 0 Å². The molecule has 1 amide bonds. The number of hydrogen-bond acceptors (Lipinski definition) is 4. The molecule has 0 atom stereocenters. The van der Waals surface area contributed by atoms with Gasteiger partial charge in [-0.3, -0.25) is 9.48 Å². The number of amides is 1. The Hall–Kier alpha value is -3.05. The van der Waals surface area contributed by atoms with Crippen molar-refractivity contribution in [3.05, 3.63) is 47.2 Å². The molecule has 0 aromatic carbocycles. The van der Waals surface area contributed by atoms with Gasteiger partial charge in [-0.25, -0.2) is 9.50 Å². The fourth-order valence-corrected chi connectivity index (χ4v) is 2.75. The van der Waals surface area contributed by atoms with E-state index in [-0.39, 0.29) is 23.6 Å². The van der Waals surface area contributed by atoms with E-state index >= 15 is 0 Å². The first-order chi connectivity index (χ1) is 13.4. The summed E-state index contributed by atoms with van der Waals surface area (Å²) in [5.74, 6) is -5.83. The maximum atomic E-state index is 13.9. The summed E-state index contributed by atoms with van der Waals surface area (Å²) >= 11 is 0. The zero-order valence-electron chi connectivity index (χ0n) is 15.7. The number of carbonyl (C=O) groups is 1. The molecule has 3 aromatic heterocycles. The molecule has 3 rings (SSSR count). The molecule has 156 valence electrons. The zero-order valence-corrected chi connectivity index (χ0v) is 15.7. The Balaban J connectivity index is 1.96. The van der Waals surface area contributed by atoms with Gasteiger partial charge < -0.3 is 4.90 Å². The number of aromatic nitrogens is 5. The molecule has 7 nitrogen and oxygen atoms in total. The van der Waals surface area contributed by atoms with Crippen molar-refractivity contribution in [3.8, 4) is 0 Å². The van der Waals surface area contributed by atoms with Crippen molar-refractivity contribution in [3.63, 3.8) is 0 Å². The second kappa shape index (κ2) is 7.08. The maximum Gasteiger partial charge on any atom is 0.459 e. The first-order valence-corrected chi connectivity index (χ1v) is 8.54. The van der Waals surface area contributed by atoms with Gasteiger partial charge in [-0.1, -0.05) is 0 Å². The van der Waals surface area contributed by atoms with Crippen LogP contribution in [0.5, 0.6) is 0 Å². The number of nitrogens with zero attached hydrogens (tertiary/aromatic N) is 6. The van der Waals surface area contributed by atoms with E-state index in [1.165, 1.54) is 18.9 Å². The highest BCUT2D eigenvalue weighted by atomic mass is 19.4. The van der Waals surface area contributed by atoms with Crippen molar-refractivity contribution in [1.82, 2.24) is 29.3 Å².